The van der Waals surface area contributed by atoms with Crippen molar-refractivity contribution < 1.29 is 5.11 Å². The summed E-state index contributed by atoms with van der Waals surface area (Å²) in [6, 6.07) is 0. The highest BCUT2D eigenvalue weighted by Gasteiger charge is 2.17. The van der Waals surface area contributed by atoms with Crippen LogP contribution in [0.3, 0.4) is 0 Å². The van der Waals surface area contributed by atoms with E-state index in [1.165, 1.54) is 0 Å². The number of nitrogens with one attached hydrogen (secondary N) is 3. The number of hydrogen-bond donors (Lipinski definition) is 6. The maximum atomic E-state index is 9.14. The monoisotopic (exact) mass is 228 g/mol. The zero-order valence-electron chi connectivity index (χ0n) is 9.62. The molecule has 0 saturated carbocycles. The summed E-state index contributed by atoms with van der Waals surface area (Å²) >= 11 is 0. The molecule has 7 heteroatoms. The van der Waals surface area contributed by atoms with Crippen LogP contribution in [0.4, 0.5) is 0 Å². The maximum absolute atomic E-state index is 9.14. The second kappa shape index (κ2) is 5.57. The van der Waals surface area contributed by atoms with E-state index in [0.29, 0.717) is 30.3 Å². The lowest BCUT2D eigenvalue weighted by Crippen LogP contribution is -2.48. The zero-order chi connectivity index (χ0) is 12.1. The van der Waals surface area contributed by atoms with Crippen LogP contribution in [0.2, 0.25) is 0 Å². The summed E-state index contributed by atoms with van der Waals surface area (Å²) in [7, 11) is 1.77. The van der Waals surface area contributed by atoms with Gasteiger partial charge in [0.05, 0.1) is 6.10 Å². The topological polar surface area (TPSA) is 121 Å². The Hall–Kier alpha value is -1.47. The zero-order valence-corrected chi connectivity index (χ0v) is 9.62. The summed E-state index contributed by atoms with van der Waals surface area (Å²) in [5, 5.41) is 18.1. The molecule has 0 spiro atoms. The molecule has 0 radical (unpaired) electrons. The van der Waals surface area contributed by atoms with E-state index in [1.54, 1.807) is 14.0 Å². The Morgan fingerprint density at radius 2 is 2.31 bits per heavy atom. The number of aliphatic hydroxyl groups excluding tert-OH is 1. The standard InChI is InChI=1S/C9H20N6O/c1-5(16)3-4-13-6-7(10)14-9(11)15-8(6)12-2/h5,9,12-13,15-16H,3-4,11H2,1-2H3,(H2,10,14). The largest absolute Gasteiger partial charge is 0.393 e. The van der Waals surface area contributed by atoms with Crippen molar-refractivity contribution in [3.63, 3.8) is 0 Å². The average Bonchev–Trinajstić information content (AvgIpc) is 2.20. The van der Waals surface area contributed by atoms with Gasteiger partial charge in [0.2, 0.25) is 0 Å². The van der Waals surface area contributed by atoms with Gasteiger partial charge in [0.1, 0.15) is 17.4 Å². The van der Waals surface area contributed by atoms with Crippen LogP contribution in [0.25, 0.3) is 0 Å². The summed E-state index contributed by atoms with van der Waals surface area (Å²) in [6.07, 6.45) is -0.229. The van der Waals surface area contributed by atoms with E-state index in [2.05, 4.69) is 20.9 Å². The predicted octanol–water partition coefficient (Wildman–Crippen LogP) is -2.06. The van der Waals surface area contributed by atoms with E-state index in [-0.39, 0.29) is 6.10 Å². The maximum Gasteiger partial charge on any atom is 0.174 e. The smallest absolute Gasteiger partial charge is 0.174 e. The first-order valence-electron chi connectivity index (χ1n) is 5.24. The van der Waals surface area contributed by atoms with Gasteiger partial charge in [-0.2, -0.15) is 0 Å². The third kappa shape index (κ3) is 3.28. The summed E-state index contributed by atoms with van der Waals surface area (Å²) in [4.78, 5) is 4.00. The number of aliphatic imine (C=N–C) groups is 1. The Labute approximate surface area is 95.0 Å². The number of rotatable bonds is 5. The van der Waals surface area contributed by atoms with Gasteiger partial charge in [0, 0.05) is 13.6 Å². The molecule has 0 aromatic rings. The molecule has 0 aromatic heterocycles. The molecule has 0 aromatic carbocycles. The summed E-state index contributed by atoms with van der Waals surface area (Å²) in [5.41, 5.74) is 12.1. The van der Waals surface area contributed by atoms with Gasteiger partial charge >= 0.3 is 0 Å². The molecule has 1 aliphatic heterocycles. The number of amidine groups is 1. The first-order chi connectivity index (χ1) is 7.54. The number of nitrogens with zero attached hydrogens (tertiary/aromatic N) is 1. The number of hydrogen-bond acceptors (Lipinski definition) is 7. The Balaban J connectivity index is 2.63. The summed E-state index contributed by atoms with van der Waals surface area (Å²) in [6.45, 7) is 2.35. The van der Waals surface area contributed by atoms with Crippen molar-refractivity contribution >= 4 is 5.84 Å². The first kappa shape index (κ1) is 12.6. The van der Waals surface area contributed by atoms with Crippen LogP contribution < -0.4 is 27.4 Å². The fraction of sp³-hybridized carbons (Fsp3) is 0.667. The molecule has 0 amide bonds. The molecular weight excluding hydrogens is 208 g/mol. The minimum atomic E-state index is -0.523. The highest BCUT2D eigenvalue weighted by Crippen LogP contribution is 2.03. The highest BCUT2D eigenvalue weighted by atomic mass is 16.3. The van der Waals surface area contributed by atoms with Crippen molar-refractivity contribution in [2.75, 3.05) is 13.6 Å². The Kier molecular flexibility index (Phi) is 4.39. The molecule has 0 fully saturated rings. The lowest BCUT2D eigenvalue weighted by molar-refractivity contribution is 0.185. The molecule has 2 atom stereocenters. The van der Waals surface area contributed by atoms with E-state index in [1.807, 2.05) is 0 Å². The quantitative estimate of drug-likeness (QED) is 0.322. The molecule has 1 rings (SSSR count). The van der Waals surface area contributed by atoms with Gasteiger partial charge < -0.3 is 26.8 Å². The van der Waals surface area contributed by atoms with Gasteiger partial charge in [-0.3, -0.25) is 5.73 Å². The molecule has 1 heterocycles. The van der Waals surface area contributed by atoms with Crippen molar-refractivity contribution in [1.29, 1.82) is 0 Å². The van der Waals surface area contributed by atoms with Crippen molar-refractivity contribution in [2.24, 2.45) is 16.5 Å². The van der Waals surface area contributed by atoms with Crippen LogP contribution in [0.5, 0.6) is 0 Å². The van der Waals surface area contributed by atoms with Crippen molar-refractivity contribution in [3.05, 3.63) is 11.5 Å². The van der Waals surface area contributed by atoms with Crippen molar-refractivity contribution in [3.8, 4) is 0 Å². The van der Waals surface area contributed by atoms with E-state index >= 15 is 0 Å². The lowest BCUT2D eigenvalue weighted by atomic mass is 10.2. The predicted molar refractivity (Wildman–Crippen MR) is 63.1 cm³/mol. The molecule has 0 bridgehead atoms. The fourth-order valence-electron chi connectivity index (χ4n) is 1.38. The first-order valence-corrected chi connectivity index (χ1v) is 5.24. The van der Waals surface area contributed by atoms with Gasteiger partial charge in [0.25, 0.3) is 0 Å². The number of nitrogens with two attached hydrogens (primary N) is 2. The summed E-state index contributed by atoms with van der Waals surface area (Å²) < 4.78 is 0. The van der Waals surface area contributed by atoms with Crippen LogP contribution >= 0.6 is 0 Å². The molecule has 0 aliphatic carbocycles. The van der Waals surface area contributed by atoms with Crippen LogP contribution in [0, 0.1) is 0 Å². The lowest BCUT2D eigenvalue weighted by Gasteiger charge is -2.25. The molecule has 2 unspecified atom stereocenters. The Morgan fingerprint density at radius 1 is 1.62 bits per heavy atom. The third-order valence-electron chi connectivity index (χ3n) is 2.19. The Morgan fingerprint density at radius 3 is 2.88 bits per heavy atom. The average molecular weight is 228 g/mol. The molecule has 0 saturated heterocycles. The van der Waals surface area contributed by atoms with Gasteiger partial charge in [0.15, 0.2) is 6.29 Å². The fourth-order valence-corrected chi connectivity index (χ4v) is 1.38. The minimum Gasteiger partial charge on any atom is -0.393 e. The van der Waals surface area contributed by atoms with E-state index in [0.717, 1.165) is 0 Å². The van der Waals surface area contributed by atoms with Crippen molar-refractivity contribution in [2.45, 2.75) is 25.7 Å². The molecule has 7 nitrogen and oxygen atoms in total. The normalized spacial score (nSPS) is 22.2. The van der Waals surface area contributed by atoms with E-state index < -0.39 is 6.29 Å². The van der Waals surface area contributed by atoms with Crippen LogP contribution in [-0.2, 0) is 0 Å². The molecule has 8 N–H and O–H groups in total. The molecule has 16 heavy (non-hydrogen) atoms. The van der Waals surface area contributed by atoms with Gasteiger partial charge in [-0.25, -0.2) is 4.99 Å². The molecule has 92 valence electrons. The van der Waals surface area contributed by atoms with Crippen molar-refractivity contribution in [1.82, 2.24) is 16.0 Å². The van der Waals surface area contributed by atoms with Gasteiger partial charge in [-0.05, 0) is 13.3 Å². The van der Waals surface area contributed by atoms with Gasteiger partial charge in [-0.1, -0.05) is 0 Å². The summed E-state index contributed by atoms with van der Waals surface area (Å²) in [5.74, 6) is 1.08. The molecular formula is C9H20N6O. The van der Waals surface area contributed by atoms with E-state index in [9.17, 15) is 0 Å². The number of aliphatic hydroxyl groups is 1. The second-order valence-corrected chi connectivity index (χ2v) is 3.67. The highest BCUT2D eigenvalue weighted by molar-refractivity contribution is 5.97. The van der Waals surface area contributed by atoms with Crippen LogP contribution in [0.1, 0.15) is 13.3 Å². The van der Waals surface area contributed by atoms with E-state index in [4.69, 9.17) is 16.6 Å². The molecule has 1 aliphatic rings. The second-order valence-electron chi connectivity index (χ2n) is 3.67. The minimum absolute atomic E-state index is 0.344. The van der Waals surface area contributed by atoms with Gasteiger partial charge in [-0.15, -0.1) is 0 Å². The van der Waals surface area contributed by atoms with Crippen LogP contribution in [-0.4, -0.2) is 36.9 Å². The third-order valence-corrected chi connectivity index (χ3v) is 2.19. The van der Waals surface area contributed by atoms with Crippen LogP contribution in [0.15, 0.2) is 16.5 Å². The SMILES string of the molecule is CNC1=C(NCCC(C)O)C(N)=NC(N)N1. The Bertz CT molecular complexity index is 298.